The molecule has 0 saturated heterocycles. The van der Waals surface area contributed by atoms with Crippen LogP contribution in [0.5, 0.6) is 5.75 Å². The van der Waals surface area contributed by atoms with Crippen LogP contribution in [0.4, 0.5) is 4.79 Å². The maximum absolute atomic E-state index is 12.3. The van der Waals surface area contributed by atoms with Crippen molar-refractivity contribution >= 4 is 18.0 Å². The van der Waals surface area contributed by atoms with Crippen LogP contribution >= 0.6 is 0 Å². The normalized spacial score (nSPS) is 12.5. The summed E-state index contributed by atoms with van der Waals surface area (Å²) in [5.74, 6) is -2.07. The van der Waals surface area contributed by atoms with E-state index in [-0.39, 0.29) is 0 Å². The number of hydrogen-bond acceptors (Lipinski definition) is 5. The molecule has 0 aromatic heterocycles. The molecular weight excluding hydrogens is 426 g/mol. The Morgan fingerprint density at radius 3 is 1.91 bits per heavy atom. The molecule has 0 aliphatic heterocycles. The zero-order chi connectivity index (χ0) is 24.5. The van der Waals surface area contributed by atoms with Crippen LogP contribution < -0.4 is 10.1 Å². The zero-order valence-corrected chi connectivity index (χ0v) is 19.9. The number of amides is 1. The number of hydrogen-bond donors (Lipinski definition) is 3. The Hall–Kier alpha value is -2.77. The average Bonchev–Trinajstić information content (AvgIpc) is 2.78. The number of carbonyl (C=O) groups is 3. The first kappa shape index (κ1) is 28.3. The van der Waals surface area contributed by atoms with Crippen molar-refractivity contribution in [2.45, 2.75) is 96.1 Å². The Morgan fingerprint density at radius 2 is 1.42 bits per heavy atom. The highest BCUT2D eigenvalue weighted by Crippen LogP contribution is 2.26. The average molecular weight is 466 g/mol. The number of benzene rings is 1. The lowest BCUT2D eigenvalue weighted by Crippen LogP contribution is -2.42. The minimum Gasteiger partial charge on any atom is -0.497 e. The molecule has 0 bridgehead atoms. The van der Waals surface area contributed by atoms with E-state index in [0.717, 1.165) is 24.8 Å². The third-order valence-electron chi connectivity index (χ3n) is 5.53. The van der Waals surface area contributed by atoms with Crippen LogP contribution in [0.25, 0.3) is 0 Å². The Bertz CT molecular complexity index is 705. The van der Waals surface area contributed by atoms with Crippen molar-refractivity contribution in [2.24, 2.45) is 0 Å². The summed E-state index contributed by atoms with van der Waals surface area (Å²) in [6, 6.07) is 5.60. The maximum atomic E-state index is 12.3. The van der Waals surface area contributed by atoms with E-state index in [1.165, 1.54) is 44.9 Å². The van der Waals surface area contributed by atoms with Crippen molar-refractivity contribution in [3.8, 4) is 5.75 Å². The van der Waals surface area contributed by atoms with Gasteiger partial charge >= 0.3 is 18.0 Å². The number of nitrogens with one attached hydrogen (secondary N) is 1. The minimum atomic E-state index is -1.55. The van der Waals surface area contributed by atoms with Crippen molar-refractivity contribution < 1.29 is 34.1 Å². The molecule has 1 unspecified atom stereocenters. The molecule has 33 heavy (non-hydrogen) atoms. The molecule has 3 N–H and O–H groups in total. The van der Waals surface area contributed by atoms with Crippen molar-refractivity contribution in [2.75, 3.05) is 7.11 Å². The smallest absolute Gasteiger partial charge is 0.408 e. The molecule has 8 heteroatoms. The summed E-state index contributed by atoms with van der Waals surface area (Å²) in [6.07, 6.45) is 10.2. The monoisotopic (exact) mass is 465 g/mol. The second kappa shape index (κ2) is 16.8. The fourth-order valence-corrected chi connectivity index (χ4v) is 3.61. The van der Waals surface area contributed by atoms with E-state index >= 15 is 0 Å². The van der Waals surface area contributed by atoms with Crippen molar-refractivity contribution in [3.05, 3.63) is 29.8 Å². The Labute approximate surface area is 196 Å². The van der Waals surface area contributed by atoms with Gasteiger partial charge in [0.1, 0.15) is 17.9 Å². The molecule has 1 rings (SSSR count). The first-order valence-electron chi connectivity index (χ1n) is 11.9. The second-order valence-corrected chi connectivity index (χ2v) is 8.27. The standard InChI is InChI=1S/C25H39NO7/c1-3-4-5-6-7-8-9-10-11-12-13-22(19-14-16-20(32-2)17-15-19)33-25(31)26-21(24(29)30)18-23(27)28/h14-17,21-22H,3-13,18H2,1-2H3,(H,26,31)(H,27,28)(H,29,30)/t21-,22?/m0/s1. The van der Waals surface area contributed by atoms with Gasteiger partial charge < -0.3 is 25.0 Å². The van der Waals surface area contributed by atoms with Gasteiger partial charge in [0.2, 0.25) is 0 Å². The van der Waals surface area contributed by atoms with Gasteiger partial charge in [-0.15, -0.1) is 0 Å². The summed E-state index contributed by atoms with van der Waals surface area (Å²) in [6.45, 7) is 2.22. The Balaban J connectivity index is 2.57. The van der Waals surface area contributed by atoms with Crippen molar-refractivity contribution in [1.29, 1.82) is 0 Å². The fourth-order valence-electron chi connectivity index (χ4n) is 3.61. The number of unbranched alkanes of at least 4 members (excludes halogenated alkanes) is 9. The van der Waals surface area contributed by atoms with Crippen molar-refractivity contribution in [3.63, 3.8) is 0 Å². The number of carboxylic acids is 2. The summed E-state index contributed by atoms with van der Waals surface area (Å²) >= 11 is 0. The highest BCUT2D eigenvalue weighted by molar-refractivity contribution is 5.84. The molecule has 0 heterocycles. The van der Waals surface area contributed by atoms with Crippen LogP contribution in [0.1, 0.15) is 95.6 Å². The van der Waals surface area contributed by atoms with Gasteiger partial charge in [-0.1, -0.05) is 76.8 Å². The predicted octanol–water partition coefficient (Wildman–Crippen LogP) is 5.70. The molecule has 1 aromatic rings. The summed E-state index contributed by atoms with van der Waals surface area (Å²) in [5.41, 5.74) is 0.770. The largest absolute Gasteiger partial charge is 0.497 e. The molecule has 0 radical (unpaired) electrons. The van der Waals surface area contributed by atoms with E-state index in [0.29, 0.717) is 12.2 Å². The number of alkyl carbamates (subject to hydrolysis) is 1. The molecule has 2 atom stereocenters. The lowest BCUT2D eigenvalue weighted by Gasteiger charge is -2.20. The number of carboxylic acid groups (broad SMARTS) is 2. The first-order valence-corrected chi connectivity index (χ1v) is 11.9. The molecule has 1 amide bonds. The van der Waals surface area contributed by atoms with Crippen LogP contribution in [-0.4, -0.2) is 41.4 Å². The van der Waals surface area contributed by atoms with Gasteiger partial charge in [-0.3, -0.25) is 4.79 Å². The van der Waals surface area contributed by atoms with E-state index in [9.17, 15) is 14.4 Å². The maximum Gasteiger partial charge on any atom is 0.408 e. The highest BCUT2D eigenvalue weighted by Gasteiger charge is 2.25. The second-order valence-electron chi connectivity index (χ2n) is 8.27. The first-order chi connectivity index (χ1) is 15.9. The highest BCUT2D eigenvalue weighted by atomic mass is 16.6. The lowest BCUT2D eigenvalue weighted by molar-refractivity contribution is -0.145. The number of ether oxygens (including phenoxy) is 2. The molecule has 0 spiro atoms. The fraction of sp³-hybridized carbons (Fsp3) is 0.640. The molecular formula is C25H39NO7. The molecule has 0 saturated carbocycles. The predicted molar refractivity (Wildman–Crippen MR) is 125 cm³/mol. The van der Waals surface area contributed by atoms with E-state index < -0.39 is 36.6 Å². The van der Waals surface area contributed by atoms with E-state index in [2.05, 4.69) is 12.2 Å². The quantitative estimate of drug-likeness (QED) is 0.238. The van der Waals surface area contributed by atoms with Gasteiger partial charge in [0.05, 0.1) is 13.5 Å². The number of rotatable bonds is 18. The number of aliphatic carboxylic acids is 2. The molecule has 1 aromatic carbocycles. The van der Waals surface area contributed by atoms with Gasteiger partial charge in [-0.2, -0.15) is 0 Å². The molecule has 186 valence electrons. The summed E-state index contributed by atoms with van der Waals surface area (Å²) in [7, 11) is 1.56. The van der Waals surface area contributed by atoms with E-state index in [1.54, 1.807) is 31.4 Å². The van der Waals surface area contributed by atoms with Gasteiger partial charge in [-0.25, -0.2) is 9.59 Å². The third kappa shape index (κ3) is 12.7. The van der Waals surface area contributed by atoms with Crippen LogP contribution in [0.3, 0.4) is 0 Å². The summed E-state index contributed by atoms with van der Waals surface area (Å²) < 4.78 is 10.7. The summed E-state index contributed by atoms with van der Waals surface area (Å²) in [5, 5.41) is 20.1. The molecule has 0 aliphatic rings. The molecule has 0 fully saturated rings. The van der Waals surface area contributed by atoms with E-state index in [1.807, 2.05) is 0 Å². The van der Waals surface area contributed by atoms with Crippen LogP contribution in [0.2, 0.25) is 0 Å². The molecule has 8 nitrogen and oxygen atoms in total. The number of methoxy groups -OCH3 is 1. The topological polar surface area (TPSA) is 122 Å². The van der Waals surface area contributed by atoms with E-state index in [4.69, 9.17) is 19.7 Å². The van der Waals surface area contributed by atoms with Gasteiger partial charge in [0.15, 0.2) is 0 Å². The van der Waals surface area contributed by atoms with Gasteiger partial charge in [0.25, 0.3) is 0 Å². The SMILES string of the molecule is CCCCCCCCCCCCC(OC(=O)N[C@@H](CC(=O)O)C(=O)O)c1ccc(OC)cc1. The summed E-state index contributed by atoms with van der Waals surface area (Å²) in [4.78, 5) is 34.4. The third-order valence-corrected chi connectivity index (χ3v) is 5.53. The number of carbonyl (C=O) groups excluding carboxylic acids is 1. The van der Waals surface area contributed by atoms with Crippen LogP contribution in [-0.2, 0) is 14.3 Å². The zero-order valence-electron chi connectivity index (χ0n) is 19.9. The minimum absolute atomic E-state index is 0.566. The van der Waals surface area contributed by atoms with Gasteiger partial charge in [-0.05, 0) is 30.5 Å². The Kier molecular flexibility index (Phi) is 14.4. The Morgan fingerprint density at radius 1 is 0.879 bits per heavy atom. The lowest BCUT2D eigenvalue weighted by atomic mass is 10.0. The van der Waals surface area contributed by atoms with Crippen molar-refractivity contribution in [1.82, 2.24) is 5.32 Å². The molecule has 0 aliphatic carbocycles. The van der Waals surface area contributed by atoms with Gasteiger partial charge in [0, 0.05) is 0 Å². The van der Waals surface area contributed by atoms with Crippen LogP contribution in [0.15, 0.2) is 24.3 Å². The van der Waals surface area contributed by atoms with Crippen LogP contribution in [0, 0.1) is 0 Å².